The van der Waals surface area contributed by atoms with Crippen LogP contribution >= 0.6 is 23.2 Å². The first-order chi connectivity index (χ1) is 13.0. The molecule has 4 nitrogen and oxygen atoms in total. The lowest BCUT2D eigenvalue weighted by Gasteiger charge is -2.10. The Bertz CT molecular complexity index is 1050. The summed E-state index contributed by atoms with van der Waals surface area (Å²) in [7, 11) is 0. The van der Waals surface area contributed by atoms with E-state index in [-0.39, 0.29) is 18.1 Å². The molecule has 6 heteroatoms. The maximum atomic E-state index is 12.6. The van der Waals surface area contributed by atoms with Gasteiger partial charge >= 0.3 is 0 Å². The van der Waals surface area contributed by atoms with E-state index in [1.807, 2.05) is 13.0 Å². The molecule has 0 bridgehead atoms. The van der Waals surface area contributed by atoms with Crippen LogP contribution in [-0.4, -0.2) is 5.78 Å². The fraction of sp³-hybridized carbons (Fsp3) is 0.0952. The lowest BCUT2D eigenvalue weighted by molar-refractivity contribution is 0.101. The van der Waals surface area contributed by atoms with Gasteiger partial charge in [0.15, 0.2) is 5.76 Å². The molecule has 2 aromatic carbocycles. The molecule has 0 amide bonds. The fourth-order valence-electron chi connectivity index (χ4n) is 2.86. The monoisotopic (exact) mass is 400 g/mol. The molecule has 0 saturated heterocycles. The molecular formula is C21H14Cl2O4. The molecule has 1 aliphatic rings. The van der Waals surface area contributed by atoms with Crippen LogP contribution in [0.4, 0.5) is 0 Å². The smallest absolute Gasteiger partial charge is 0.232 e. The van der Waals surface area contributed by atoms with Gasteiger partial charge in [0.25, 0.3) is 0 Å². The molecule has 0 spiro atoms. The third kappa shape index (κ3) is 3.59. The summed E-state index contributed by atoms with van der Waals surface area (Å²) < 4.78 is 16.8. The maximum Gasteiger partial charge on any atom is 0.232 e. The Hall–Kier alpha value is -2.69. The summed E-state index contributed by atoms with van der Waals surface area (Å²) in [4.78, 5) is 12.6. The normalized spacial score (nSPS) is 14.3. The third-order valence-electron chi connectivity index (χ3n) is 4.17. The van der Waals surface area contributed by atoms with Crippen molar-refractivity contribution >= 4 is 35.1 Å². The standard InChI is InChI=1S/C21H14Cl2O4/c1-12-7-16(26-11-13-4-5-14(22)8-17(13)23)10-18-20(12)21(24)19(27-18)9-15-3-2-6-25-15/h2-10H,11H2,1H3/b19-9-. The van der Waals surface area contributed by atoms with Crippen molar-refractivity contribution in [1.82, 2.24) is 0 Å². The fourth-order valence-corrected chi connectivity index (χ4v) is 3.33. The molecule has 0 fully saturated rings. The Kier molecular flexibility index (Phi) is 4.68. The van der Waals surface area contributed by atoms with Crippen LogP contribution in [-0.2, 0) is 6.61 Å². The summed E-state index contributed by atoms with van der Waals surface area (Å²) in [5.74, 6) is 1.66. The van der Waals surface area contributed by atoms with Crippen molar-refractivity contribution in [2.24, 2.45) is 0 Å². The Morgan fingerprint density at radius 2 is 2.00 bits per heavy atom. The van der Waals surface area contributed by atoms with Crippen molar-refractivity contribution in [3.8, 4) is 11.5 Å². The molecule has 0 atom stereocenters. The minimum Gasteiger partial charge on any atom is -0.489 e. The second-order valence-electron chi connectivity index (χ2n) is 6.09. The highest BCUT2D eigenvalue weighted by atomic mass is 35.5. The van der Waals surface area contributed by atoms with E-state index in [1.165, 1.54) is 6.26 Å². The Labute approximate surface area is 165 Å². The highest BCUT2D eigenvalue weighted by Crippen LogP contribution is 2.38. The second-order valence-corrected chi connectivity index (χ2v) is 6.94. The molecule has 0 radical (unpaired) electrons. The number of halogens is 2. The van der Waals surface area contributed by atoms with Gasteiger partial charge in [-0.3, -0.25) is 4.79 Å². The summed E-state index contributed by atoms with van der Waals surface area (Å²) in [6, 6.07) is 12.3. The highest BCUT2D eigenvalue weighted by Gasteiger charge is 2.30. The number of furan rings is 1. The molecule has 27 heavy (non-hydrogen) atoms. The van der Waals surface area contributed by atoms with Gasteiger partial charge in [-0.2, -0.15) is 0 Å². The molecule has 136 valence electrons. The Balaban J connectivity index is 1.57. The van der Waals surface area contributed by atoms with Gasteiger partial charge in [0, 0.05) is 27.8 Å². The van der Waals surface area contributed by atoms with E-state index >= 15 is 0 Å². The van der Waals surface area contributed by atoms with Crippen molar-refractivity contribution < 1.29 is 18.7 Å². The van der Waals surface area contributed by atoms with Gasteiger partial charge in [0.1, 0.15) is 23.9 Å². The topological polar surface area (TPSA) is 48.7 Å². The van der Waals surface area contributed by atoms with Crippen molar-refractivity contribution in [1.29, 1.82) is 0 Å². The number of ketones is 1. The number of carbonyl (C=O) groups is 1. The quantitative estimate of drug-likeness (QED) is 0.497. The zero-order valence-corrected chi connectivity index (χ0v) is 15.8. The predicted molar refractivity (Wildman–Crippen MR) is 104 cm³/mol. The van der Waals surface area contributed by atoms with Crippen LogP contribution in [0.2, 0.25) is 10.0 Å². The predicted octanol–water partition coefficient (Wildman–Crippen LogP) is 6.09. The minimum atomic E-state index is -0.175. The molecule has 0 saturated carbocycles. The number of rotatable bonds is 4. The molecule has 2 heterocycles. The largest absolute Gasteiger partial charge is 0.489 e. The third-order valence-corrected chi connectivity index (χ3v) is 4.76. The number of benzene rings is 2. The molecule has 0 N–H and O–H groups in total. The summed E-state index contributed by atoms with van der Waals surface area (Å²) in [6.45, 7) is 2.12. The number of carbonyl (C=O) groups excluding carboxylic acids is 1. The van der Waals surface area contributed by atoms with Crippen LogP contribution in [0.3, 0.4) is 0 Å². The molecule has 0 aliphatic carbocycles. The van der Waals surface area contributed by atoms with Crippen LogP contribution in [0.1, 0.15) is 27.2 Å². The van der Waals surface area contributed by atoms with Crippen molar-refractivity contribution in [2.75, 3.05) is 0 Å². The second kappa shape index (κ2) is 7.14. The molecular weight excluding hydrogens is 387 g/mol. The zero-order chi connectivity index (χ0) is 19.0. The number of Topliss-reactive ketones (excluding diaryl/α,β-unsaturated/α-hetero) is 1. The number of ether oxygens (including phenoxy) is 2. The summed E-state index contributed by atoms with van der Waals surface area (Å²) in [5.41, 5.74) is 2.12. The van der Waals surface area contributed by atoms with E-state index in [1.54, 1.807) is 42.5 Å². The van der Waals surface area contributed by atoms with Crippen LogP contribution in [0, 0.1) is 6.92 Å². The number of hydrogen-bond donors (Lipinski definition) is 0. The molecule has 1 aromatic heterocycles. The number of aryl methyl sites for hydroxylation is 1. The minimum absolute atomic E-state index is 0.175. The van der Waals surface area contributed by atoms with Crippen molar-refractivity contribution in [3.05, 3.63) is 87.0 Å². The molecule has 3 aromatic rings. The molecule has 4 rings (SSSR count). The van der Waals surface area contributed by atoms with E-state index in [4.69, 9.17) is 37.1 Å². The van der Waals surface area contributed by atoms with Crippen LogP contribution < -0.4 is 9.47 Å². The first-order valence-corrected chi connectivity index (χ1v) is 8.96. The van der Waals surface area contributed by atoms with E-state index in [2.05, 4.69) is 0 Å². The van der Waals surface area contributed by atoms with Gasteiger partial charge in [-0.05, 0) is 42.8 Å². The summed E-state index contributed by atoms with van der Waals surface area (Å²) >= 11 is 12.1. The van der Waals surface area contributed by atoms with Crippen LogP contribution in [0.5, 0.6) is 11.5 Å². The zero-order valence-electron chi connectivity index (χ0n) is 14.3. The van der Waals surface area contributed by atoms with Gasteiger partial charge in [-0.25, -0.2) is 0 Å². The van der Waals surface area contributed by atoms with E-state index < -0.39 is 0 Å². The van der Waals surface area contributed by atoms with Crippen LogP contribution in [0.25, 0.3) is 6.08 Å². The highest BCUT2D eigenvalue weighted by molar-refractivity contribution is 6.35. The van der Waals surface area contributed by atoms with Gasteiger partial charge in [-0.1, -0.05) is 29.3 Å². The average Bonchev–Trinajstić information content (AvgIpc) is 3.23. The van der Waals surface area contributed by atoms with Gasteiger partial charge < -0.3 is 13.9 Å². The number of fused-ring (bicyclic) bond motifs is 1. The first kappa shape index (κ1) is 17.7. The summed E-state index contributed by atoms with van der Waals surface area (Å²) in [5, 5.41) is 1.11. The average molecular weight is 401 g/mol. The first-order valence-electron chi connectivity index (χ1n) is 8.20. The van der Waals surface area contributed by atoms with Gasteiger partial charge in [0.2, 0.25) is 5.78 Å². The number of hydrogen-bond acceptors (Lipinski definition) is 4. The van der Waals surface area contributed by atoms with Gasteiger partial charge in [-0.15, -0.1) is 0 Å². The van der Waals surface area contributed by atoms with Crippen LogP contribution in [0.15, 0.2) is 58.9 Å². The van der Waals surface area contributed by atoms with E-state index in [0.29, 0.717) is 32.9 Å². The molecule has 1 aliphatic heterocycles. The Morgan fingerprint density at radius 1 is 1.15 bits per heavy atom. The van der Waals surface area contributed by atoms with E-state index in [9.17, 15) is 4.79 Å². The SMILES string of the molecule is Cc1cc(OCc2ccc(Cl)cc2Cl)cc2c1C(=O)/C(=C/c1ccco1)O2. The lowest BCUT2D eigenvalue weighted by atomic mass is 10.0. The summed E-state index contributed by atoms with van der Waals surface area (Å²) in [6.07, 6.45) is 3.12. The Morgan fingerprint density at radius 3 is 2.74 bits per heavy atom. The number of allylic oxidation sites excluding steroid dienone is 1. The van der Waals surface area contributed by atoms with Crippen molar-refractivity contribution in [2.45, 2.75) is 13.5 Å². The lowest BCUT2D eigenvalue weighted by Crippen LogP contribution is -2.00. The van der Waals surface area contributed by atoms with Crippen molar-refractivity contribution in [3.63, 3.8) is 0 Å². The van der Waals surface area contributed by atoms with E-state index in [0.717, 1.165) is 11.1 Å². The maximum absolute atomic E-state index is 12.6. The van der Waals surface area contributed by atoms with Gasteiger partial charge in [0.05, 0.1) is 11.8 Å². The molecule has 0 unspecified atom stereocenters.